The molecule has 0 amide bonds. The number of nitrogens with zero attached hydrogens (tertiary/aromatic N) is 1. The number of sulfonamides is 1. The van der Waals surface area contributed by atoms with E-state index < -0.39 is 80.7 Å². The summed E-state index contributed by atoms with van der Waals surface area (Å²) in [5.41, 5.74) is -7.17. The van der Waals surface area contributed by atoms with E-state index in [0.29, 0.717) is 0 Å². The third-order valence-corrected chi connectivity index (χ3v) is 7.10. The molecule has 0 aliphatic rings. The Morgan fingerprint density at radius 2 is 1.78 bits per heavy atom. The molecule has 198 valence electrons. The second-order valence-corrected chi connectivity index (χ2v) is 10.0. The van der Waals surface area contributed by atoms with Gasteiger partial charge in [-0.2, -0.15) is 4.72 Å². The van der Waals surface area contributed by atoms with Crippen molar-refractivity contribution in [3.63, 3.8) is 0 Å². The molecule has 2 aromatic rings. The van der Waals surface area contributed by atoms with Crippen LogP contribution in [0.2, 0.25) is 0 Å². The number of hydrogen-bond donors (Lipinski definition) is 1. The summed E-state index contributed by atoms with van der Waals surface area (Å²) in [5, 5.41) is 11.4. The molecule has 1 N–H and O–H groups in total. The Labute approximate surface area is 212 Å². The topological polar surface area (TPSA) is 125 Å². The first-order valence-corrected chi connectivity index (χ1v) is 12.4. The average molecular weight is 601 g/mol. The largest absolute Gasteiger partial charge is 0.464 e. The highest BCUT2D eigenvalue weighted by Gasteiger charge is 2.48. The summed E-state index contributed by atoms with van der Waals surface area (Å²) in [6.45, 7) is -5.54. The molecule has 0 spiro atoms. The molecule has 0 saturated carbocycles. The minimum absolute atomic E-state index is 0.161. The quantitative estimate of drug-likeness (QED) is 0.160. The fourth-order valence-electron chi connectivity index (χ4n) is 3.12. The third kappa shape index (κ3) is 6.19. The van der Waals surface area contributed by atoms with Gasteiger partial charge in [-0.25, -0.2) is 30.8 Å². The number of nitro benzene ring substituents is 1. The average Bonchev–Trinajstić information content (AvgIpc) is 2.85. The molecule has 15 heteroatoms. The van der Waals surface area contributed by atoms with Crippen molar-refractivity contribution in [1.82, 2.24) is 4.72 Å². The van der Waals surface area contributed by atoms with Crippen molar-refractivity contribution in [2.24, 2.45) is 0 Å². The molecule has 0 bridgehead atoms. The molecular formula is C21H21BrF4N2O7S. The summed E-state index contributed by atoms with van der Waals surface area (Å²) in [6.07, 6.45) is 0. The van der Waals surface area contributed by atoms with Gasteiger partial charge in [0.1, 0.15) is 31.4 Å². The van der Waals surface area contributed by atoms with E-state index in [1.54, 1.807) is 0 Å². The van der Waals surface area contributed by atoms with Gasteiger partial charge in [-0.3, -0.25) is 10.1 Å². The van der Waals surface area contributed by atoms with Gasteiger partial charge < -0.3 is 9.47 Å². The molecule has 0 radical (unpaired) electrons. The molecule has 9 nitrogen and oxygen atoms in total. The predicted molar refractivity (Wildman–Crippen MR) is 122 cm³/mol. The lowest BCUT2D eigenvalue weighted by molar-refractivity contribution is -0.387. The maximum absolute atomic E-state index is 14.9. The zero-order chi connectivity index (χ0) is 27.1. The van der Waals surface area contributed by atoms with E-state index in [4.69, 9.17) is 4.74 Å². The Bertz CT molecular complexity index is 1210. The summed E-state index contributed by atoms with van der Waals surface area (Å²) in [5.74, 6) is -2.63. The summed E-state index contributed by atoms with van der Waals surface area (Å²) < 4.78 is 95.3. The third-order valence-electron chi connectivity index (χ3n) is 5.03. The summed E-state index contributed by atoms with van der Waals surface area (Å²) in [7, 11) is -4.99. The van der Waals surface area contributed by atoms with Crippen LogP contribution in [-0.2, 0) is 29.8 Å². The Morgan fingerprint density at radius 1 is 1.14 bits per heavy atom. The number of nitro groups is 1. The molecule has 0 heterocycles. The van der Waals surface area contributed by atoms with Gasteiger partial charge in [0.15, 0.2) is 4.90 Å². The highest BCUT2D eigenvalue weighted by molar-refractivity contribution is 9.10. The van der Waals surface area contributed by atoms with Crippen molar-refractivity contribution in [2.45, 2.75) is 23.0 Å². The van der Waals surface area contributed by atoms with Crippen LogP contribution < -0.4 is 4.72 Å². The van der Waals surface area contributed by atoms with Crippen LogP contribution in [0.5, 0.6) is 0 Å². The van der Waals surface area contributed by atoms with Crippen LogP contribution in [0, 0.1) is 15.9 Å². The molecule has 0 aliphatic heterocycles. The van der Waals surface area contributed by atoms with E-state index in [-0.39, 0.29) is 11.1 Å². The summed E-state index contributed by atoms with van der Waals surface area (Å²) >= 11 is 3.04. The number of ether oxygens (including phenoxy) is 2. The van der Waals surface area contributed by atoms with Crippen LogP contribution in [0.25, 0.3) is 0 Å². The number of para-hydroxylation sites is 1. The van der Waals surface area contributed by atoms with Crippen molar-refractivity contribution >= 4 is 37.6 Å². The lowest BCUT2D eigenvalue weighted by Gasteiger charge is -2.36. The van der Waals surface area contributed by atoms with Crippen LogP contribution in [0.4, 0.5) is 23.2 Å². The maximum atomic E-state index is 14.9. The van der Waals surface area contributed by atoms with Crippen molar-refractivity contribution in [3.05, 3.63) is 68.4 Å². The van der Waals surface area contributed by atoms with Gasteiger partial charge >= 0.3 is 5.97 Å². The standard InChI is InChI=1S/C21H21BrF4N2O7S/c1-2-34-19(29)21(11-24,12-25)35-13-20(10-23,15-9-14(22)7-8-16(15)26)27-36(32,33)18-6-4-3-5-17(18)28(30)31/h3-9,27H,2,10-13H2,1H3/t20-/m1/s1. The van der Waals surface area contributed by atoms with Gasteiger partial charge in [-0.05, 0) is 31.2 Å². The lowest BCUT2D eigenvalue weighted by Crippen LogP contribution is -2.56. The van der Waals surface area contributed by atoms with E-state index in [0.717, 1.165) is 30.3 Å². The van der Waals surface area contributed by atoms with Gasteiger partial charge in [0.25, 0.3) is 5.69 Å². The minimum atomic E-state index is -4.99. The van der Waals surface area contributed by atoms with Crippen LogP contribution in [0.15, 0.2) is 51.8 Å². The number of carbonyl (C=O) groups is 1. The van der Waals surface area contributed by atoms with Crippen molar-refractivity contribution in [3.8, 4) is 0 Å². The van der Waals surface area contributed by atoms with Crippen molar-refractivity contribution < 1.29 is 45.2 Å². The van der Waals surface area contributed by atoms with E-state index >= 15 is 0 Å². The maximum Gasteiger partial charge on any atom is 0.343 e. The molecule has 2 aromatic carbocycles. The Balaban J connectivity index is 2.68. The molecule has 0 aromatic heterocycles. The molecule has 0 aliphatic carbocycles. The highest BCUT2D eigenvalue weighted by atomic mass is 79.9. The van der Waals surface area contributed by atoms with Gasteiger partial charge in [0, 0.05) is 16.1 Å². The number of benzene rings is 2. The second-order valence-electron chi connectivity index (χ2n) is 7.44. The van der Waals surface area contributed by atoms with Gasteiger partial charge in [0.2, 0.25) is 15.6 Å². The van der Waals surface area contributed by atoms with Gasteiger partial charge in [-0.1, -0.05) is 28.1 Å². The molecule has 36 heavy (non-hydrogen) atoms. The number of nitrogens with one attached hydrogen (secondary N) is 1. The fourth-order valence-corrected chi connectivity index (χ4v) is 5.00. The summed E-state index contributed by atoms with van der Waals surface area (Å²) in [4.78, 5) is 21.7. The molecule has 2 rings (SSSR count). The Kier molecular flexibility index (Phi) is 9.93. The fraction of sp³-hybridized carbons (Fsp3) is 0.381. The van der Waals surface area contributed by atoms with Crippen molar-refractivity contribution in [2.75, 3.05) is 33.2 Å². The molecule has 0 saturated heterocycles. The zero-order valence-electron chi connectivity index (χ0n) is 18.7. The zero-order valence-corrected chi connectivity index (χ0v) is 21.1. The SMILES string of the molecule is CCOC(=O)C(CF)(CF)OC[C@@](CF)(NS(=O)(=O)c1ccccc1[N+](=O)[O-])c1cc(Br)ccc1F. The number of halogens is 5. The number of rotatable bonds is 13. The monoisotopic (exact) mass is 600 g/mol. The Morgan fingerprint density at radius 3 is 2.33 bits per heavy atom. The number of hydrogen-bond acceptors (Lipinski definition) is 7. The van der Waals surface area contributed by atoms with E-state index in [9.17, 15) is 40.9 Å². The van der Waals surface area contributed by atoms with E-state index in [1.165, 1.54) is 19.1 Å². The molecular weight excluding hydrogens is 580 g/mol. The van der Waals surface area contributed by atoms with Crippen LogP contribution in [-0.4, -0.2) is 58.1 Å². The first-order chi connectivity index (χ1) is 16.9. The van der Waals surface area contributed by atoms with Crippen LogP contribution in [0.3, 0.4) is 0 Å². The number of esters is 1. The van der Waals surface area contributed by atoms with Crippen LogP contribution in [0.1, 0.15) is 12.5 Å². The minimum Gasteiger partial charge on any atom is -0.464 e. The Hall–Kier alpha value is -2.62. The first-order valence-electron chi connectivity index (χ1n) is 10.1. The van der Waals surface area contributed by atoms with Gasteiger partial charge in [0.05, 0.1) is 18.1 Å². The van der Waals surface area contributed by atoms with Gasteiger partial charge in [-0.15, -0.1) is 0 Å². The first kappa shape index (κ1) is 29.6. The number of alkyl halides is 3. The van der Waals surface area contributed by atoms with E-state index in [1.807, 2.05) is 4.72 Å². The normalized spacial score (nSPS) is 13.7. The second kappa shape index (κ2) is 12.1. The summed E-state index contributed by atoms with van der Waals surface area (Å²) in [6, 6.07) is 7.13. The van der Waals surface area contributed by atoms with Crippen molar-refractivity contribution in [1.29, 1.82) is 0 Å². The predicted octanol–water partition coefficient (Wildman–Crippen LogP) is 3.90. The highest BCUT2D eigenvalue weighted by Crippen LogP contribution is 2.33. The van der Waals surface area contributed by atoms with Crippen LogP contribution >= 0.6 is 15.9 Å². The molecule has 0 unspecified atom stereocenters. The number of carbonyl (C=O) groups excluding carboxylic acids is 1. The molecule has 1 atom stereocenters. The lowest BCUT2D eigenvalue weighted by atomic mass is 9.92. The molecule has 0 fully saturated rings. The smallest absolute Gasteiger partial charge is 0.343 e. The van der Waals surface area contributed by atoms with E-state index in [2.05, 4.69) is 20.7 Å².